The zero-order valence-corrected chi connectivity index (χ0v) is 14.3. The Hall–Kier alpha value is 0.0400. The normalized spacial score (nSPS) is 15.3. The topological polar surface area (TPSA) is 83.5 Å². The largest absolute Gasteiger partial charge is 0.481 e. The van der Waals surface area contributed by atoms with Crippen LogP contribution in [0, 0.1) is 5.92 Å². The van der Waals surface area contributed by atoms with Gasteiger partial charge in [0, 0.05) is 6.04 Å². The highest BCUT2D eigenvalue weighted by Crippen LogP contribution is 2.34. The van der Waals surface area contributed by atoms with Gasteiger partial charge in [0.15, 0.2) is 0 Å². The first-order valence-corrected chi connectivity index (χ1v) is 8.73. The molecule has 102 valence electrons. The molecule has 0 saturated carbocycles. The van der Waals surface area contributed by atoms with Gasteiger partial charge in [0.1, 0.15) is 4.90 Å². The van der Waals surface area contributed by atoms with Gasteiger partial charge in [-0.3, -0.25) is 4.79 Å². The molecule has 0 aromatic carbocycles. The van der Waals surface area contributed by atoms with Gasteiger partial charge in [0.25, 0.3) is 0 Å². The van der Waals surface area contributed by atoms with Gasteiger partial charge in [0.05, 0.1) is 13.5 Å². The van der Waals surface area contributed by atoms with Gasteiger partial charge < -0.3 is 5.11 Å². The molecule has 9 heteroatoms. The number of aliphatic carboxylic acids is 1. The van der Waals surface area contributed by atoms with E-state index >= 15 is 0 Å². The van der Waals surface area contributed by atoms with Gasteiger partial charge in [-0.1, -0.05) is 6.92 Å². The van der Waals surface area contributed by atoms with E-state index in [1.807, 2.05) is 0 Å². The minimum Gasteiger partial charge on any atom is -0.481 e. The Morgan fingerprint density at radius 3 is 2.39 bits per heavy atom. The maximum Gasteiger partial charge on any atom is 0.307 e. The van der Waals surface area contributed by atoms with E-state index in [0.29, 0.717) is 7.57 Å². The summed E-state index contributed by atoms with van der Waals surface area (Å²) in [4.78, 5) is 10.9. The summed E-state index contributed by atoms with van der Waals surface area (Å²) in [5.74, 6) is -1.85. The zero-order chi connectivity index (χ0) is 14.1. The summed E-state index contributed by atoms with van der Waals surface area (Å²) in [5.41, 5.74) is 0. The Morgan fingerprint density at radius 1 is 1.44 bits per heavy atom. The summed E-state index contributed by atoms with van der Waals surface area (Å²) in [7, 11) is -3.73. The maximum absolute atomic E-state index is 12.1. The van der Waals surface area contributed by atoms with Crippen LogP contribution in [0.3, 0.4) is 0 Å². The number of hydrogen-bond donors (Lipinski definition) is 2. The number of thiophene rings is 1. The molecule has 2 unspecified atom stereocenters. The van der Waals surface area contributed by atoms with E-state index in [0.717, 1.165) is 0 Å². The molecular formula is C9H11Br2NO4S2. The summed E-state index contributed by atoms with van der Waals surface area (Å²) >= 11 is 7.59. The molecule has 0 amide bonds. The van der Waals surface area contributed by atoms with Crippen molar-refractivity contribution in [3.63, 3.8) is 0 Å². The second kappa shape index (κ2) is 6.00. The molecule has 0 aliphatic rings. The fourth-order valence-electron chi connectivity index (χ4n) is 1.13. The predicted molar refractivity (Wildman–Crippen MR) is 76.3 cm³/mol. The summed E-state index contributed by atoms with van der Waals surface area (Å²) in [6, 6.07) is 0.771. The van der Waals surface area contributed by atoms with Crippen LogP contribution in [-0.4, -0.2) is 25.5 Å². The number of rotatable bonds is 5. The molecule has 1 heterocycles. The first-order valence-electron chi connectivity index (χ1n) is 4.85. The standard InChI is InChI=1S/C9H11Br2NO4S2/c1-4(9(13)14)5(2)12-18(15,16)6-3-7(10)17-8(6)11/h3-5,12H,1-2H3,(H,13,14). The van der Waals surface area contributed by atoms with Gasteiger partial charge in [0.2, 0.25) is 10.0 Å². The van der Waals surface area contributed by atoms with Gasteiger partial charge in [-0.2, -0.15) is 0 Å². The number of halogens is 2. The molecule has 0 radical (unpaired) electrons. The quantitative estimate of drug-likeness (QED) is 0.766. The molecule has 2 N–H and O–H groups in total. The van der Waals surface area contributed by atoms with E-state index < -0.39 is 28.0 Å². The molecule has 5 nitrogen and oxygen atoms in total. The van der Waals surface area contributed by atoms with Crippen molar-refractivity contribution in [2.45, 2.75) is 24.8 Å². The SMILES string of the molecule is CC(NS(=O)(=O)c1cc(Br)sc1Br)C(C)C(=O)O. The zero-order valence-electron chi connectivity index (χ0n) is 9.48. The van der Waals surface area contributed by atoms with Crippen molar-refractivity contribution in [1.29, 1.82) is 0 Å². The van der Waals surface area contributed by atoms with Crippen LogP contribution in [0.4, 0.5) is 0 Å². The third-order valence-electron chi connectivity index (χ3n) is 2.40. The van der Waals surface area contributed by atoms with E-state index in [-0.39, 0.29) is 4.90 Å². The Kier molecular flexibility index (Phi) is 5.36. The fourth-order valence-corrected chi connectivity index (χ4v) is 6.27. The Balaban J connectivity index is 2.96. The number of nitrogens with one attached hydrogen (secondary N) is 1. The number of carboxylic acids is 1. The molecular weight excluding hydrogens is 410 g/mol. The van der Waals surface area contributed by atoms with E-state index in [4.69, 9.17) is 5.11 Å². The second-order valence-electron chi connectivity index (χ2n) is 3.73. The molecule has 0 spiro atoms. The number of carbonyl (C=O) groups is 1. The Labute approximate surface area is 126 Å². The monoisotopic (exact) mass is 419 g/mol. The van der Waals surface area contributed by atoms with Gasteiger partial charge in [-0.05, 0) is 44.8 Å². The average Bonchev–Trinajstić information content (AvgIpc) is 2.56. The Morgan fingerprint density at radius 2 is 2.00 bits per heavy atom. The molecule has 0 saturated heterocycles. The summed E-state index contributed by atoms with van der Waals surface area (Å²) in [6.45, 7) is 2.97. The van der Waals surface area contributed by atoms with E-state index in [9.17, 15) is 13.2 Å². The third-order valence-corrected chi connectivity index (χ3v) is 6.71. The van der Waals surface area contributed by atoms with Crippen LogP contribution >= 0.6 is 43.2 Å². The van der Waals surface area contributed by atoms with Crippen molar-refractivity contribution in [3.05, 3.63) is 13.6 Å². The highest BCUT2D eigenvalue weighted by molar-refractivity contribution is 9.12. The van der Waals surface area contributed by atoms with E-state index in [1.165, 1.54) is 31.3 Å². The van der Waals surface area contributed by atoms with Crippen molar-refractivity contribution in [1.82, 2.24) is 4.72 Å². The van der Waals surface area contributed by atoms with Crippen LogP contribution in [0.25, 0.3) is 0 Å². The lowest BCUT2D eigenvalue weighted by molar-refractivity contribution is -0.141. The predicted octanol–water partition coefficient (Wildman–Crippen LogP) is 2.66. The van der Waals surface area contributed by atoms with Gasteiger partial charge >= 0.3 is 5.97 Å². The third kappa shape index (κ3) is 3.77. The van der Waals surface area contributed by atoms with Gasteiger partial charge in [-0.15, -0.1) is 11.3 Å². The van der Waals surface area contributed by atoms with Crippen LogP contribution < -0.4 is 4.72 Å². The molecule has 0 bridgehead atoms. The number of hydrogen-bond acceptors (Lipinski definition) is 4. The molecule has 1 aromatic heterocycles. The van der Waals surface area contributed by atoms with Crippen molar-refractivity contribution in [2.75, 3.05) is 0 Å². The Bertz CT molecular complexity index is 555. The molecule has 0 fully saturated rings. The molecule has 0 aliphatic heterocycles. The molecule has 1 rings (SSSR count). The molecule has 2 atom stereocenters. The lowest BCUT2D eigenvalue weighted by Gasteiger charge is -2.17. The van der Waals surface area contributed by atoms with Crippen molar-refractivity contribution in [3.8, 4) is 0 Å². The van der Waals surface area contributed by atoms with Crippen LogP contribution in [0.1, 0.15) is 13.8 Å². The highest BCUT2D eigenvalue weighted by Gasteiger charge is 2.27. The fraction of sp³-hybridized carbons (Fsp3) is 0.444. The summed E-state index contributed by atoms with van der Waals surface area (Å²) in [6.07, 6.45) is 0. The van der Waals surface area contributed by atoms with Crippen molar-refractivity contribution < 1.29 is 18.3 Å². The van der Waals surface area contributed by atoms with Crippen molar-refractivity contribution in [2.24, 2.45) is 5.92 Å². The highest BCUT2D eigenvalue weighted by atomic mass is 79.9. The molecule has 0 aliphatic carbocycles. The number of sulfonamides is 1. The minimum absolute atomic E-state index is 0.101. The smallest absolute Gasteiger partial charge is 0.307 e. The van der Waals surface area contributed by atoms with Crippen LogP contribution in [-0.2, 0) is 14.8 Å². The van der Waals surface area contributed by atoms with Crippen LogP contribution in [0.2, 0.25) is 0 Å². The first kappa shape index (κ1) is 16.1. The average molecular weight is 421 g/mol. The maximum atomic E-state index is 12.1. The second-order valence-corrected chi connectivity index (χ2v) is 9.16. The molecule has 18 heavy (non-hydrogen) atoms. The van der Waals surface area contributed by atoms with E-state index in [2.05, 4.69) is 36.6 Å². The summed E-state index contributed by atoms with van der Waals surface area (Å²) < 4.78 is 27.6. The lowest BCUT2D eigenvalue weighted by Crippen LogP contribution is -2.39. The van der Waals surface area contributed by atoms with Crippen molar-refractivity contribution >= 4 is 59.2 Å². The lowest BCUT2D eigenvalue weighted by atomic mass is 10.1. The van der Waals surface area contributed by atoms with E-state index in [1.54, 1.807) is 0 Å². The van der Waals surface area contributed by atoms with Crippen LogP contribution in [0.15, 0.2) is 18.5 Å². The minimum atomic E-state index is -3.73. The van der Waals surface area contributed by atoms with Gasteiger partial charge in [-0.25, -0.2) is 13.1 Å². The number of carboxylic acid groups (broad SMARTS) is 1. The van der Waals surface area contributed by atoms with Crippen LogP contribution in [0.5, 0.6) is 0 Å². The molecule has 1 aromatic rings. The summed E-state index contributed by atoms with van der Waals surface area (Å²) in [5, 5.41) is 8.83. The first-order chi connectivity index (χ1) is 8.15.